The molecular formula is C15H24BrNS. The van der Waals surface area contributed by atoms with E-state index in [2.05, 4.69) is 54.3 Å². The molecule has 102 valence electrons. The van der Waals surface area contributed by atoms with E-state index >= 15 is 0 Å². The third-order valence-corrected chi connectivity index (χ3v) is 5.88. The van der Waals surface area contributed by atoms with Crippen LogP contribution in [0.2, 0.25) is 0 Å². The number of hydrogen-bond acceptors (Lipinski definition) is 2. The molecule has 0 spiro atoms. The molecule has 0 aromatic carbocycles. The van der Waals surface area contributed by atoms with Gasteiger partial charge in [0.25, 0.3) is 0 Å². The fourth-order valence-corrected chi connectivity index (χ4v) is 5.41. The van der Waals surface area contributed by atoms with E-state index in [0.29, 0.717) is 11.5 Å². The summed E-state index contributed by atoms with van der Waals surface area (Å²) in [4.78, 5) is 1.49. The fraction of sp³-hybridized carbons (Fsp3) is 0.733. The topological polar surface area (TPSA) is 12.0 Å². The van der Waals surface area contributed by atoms with Gasteiger partial charge in [0.1, 0.15) is 0 Å². The standard InChI is InChI=1S/C15H24BrNS/c1-11(2)10-15(8-4-5-9-15)14(17-3)12-6-7-13(16)18-12/h6-7,11,14,17H,4-5,8-10H2,1-3H3. The second-order valence-corrected chi connectivity index (χ2v) is 8.53. The van der Waals surface area contributed by atoms with Gasteiger partial charge in [-0.15, -0.1) is 11.3 Å². The lowest BCUT2D eigenvalue weighted by molar-refractivity contribution is 0.164. The van der Waals surface area contributed by atoms with Gasteiger partial charge in [-0.3, -0.25) is 0 Å². The van der Waals surface area contributed by atoms with Crippen molar-refractivity contribution in [1.29, 1.82) is 0 Å². The van der Waals surface area contributed by atoms with Crippen LogP contribution in [0, 0.1) is 11.3 Å². The average molecular weight is 330 g/mol. The Morgan fingerprint density at radius 2 is 2.00 bits per heavy atom. The van der Waals surface area contributed by atoms with Crippen LogP contribution in [0.5, 0.6) is 0 Å². The van der Waals surface area contributed by atoms with Gasteiger partial charge in [-0.25, -0.2) is 0 Å². The lowest BCUT2D eigenvalue weighted by Crippen LogP contribution is -2.35. The van der Waals surface area contributed by atoms with E-state index in [-0.39, 0.29) is 0 Å². The Kier molecular flexibility index (Phi) is 4.90. The second-order valence-electron chi connectivity index (χ2n) is 6.03. The molecule has 1 saturated carbocycles. The zero-order valence-corrected chi connectivity index (χ0v) is 14.0. The molecule has 1 unspecified atom stereocenters. The Bertz CT molecular complexity index is 380. The van der Waals surface area contributed by atoms with Crippen LogP contribution in [-0.4, -0.2) is 7.05 Å². The third kappa shape index (κ3) is 3.00. The number of nitrogens with one attached hydrogen (secondary N) is 1. The molecule has 2 rings (SSSR count). The first-order chi connectivity index (χ1) is 8.57. The van der Waals surface area contributed by atoms with Crippen molar-refractivity contribution in [3.05, 3.63) is 20.8 Å². The van der Waals surface area contributed by atoms with Crippen LogP contribution in [-0.2, 0) is 0 Å². The maximum absolute atomic E-state index is 3.61. The molecular weight excluding hydrogens is 306 g/mol. The maximum atomic E-state index is 3.61. The molecule has 1 N–H and O–H groups in total. The monoisotopic (exact) mass is 329 g/mol. The van der Waals surface area contributed by atoms with Crippen molar-refractivity contribution < 1.29 is 0 Å². The van der Waals surface area contributed by atoms with Gasteiger partial charge in [0.2, 0.25) is 0 Å². The van der Waals surface area contributed by atoms with Gasteiger partial charge >= 0.3 is 0 Å². The molecule has 0 radical (unpaired) electrons. The largest absolute Gasteiger partial charge is 0.312 e. The smallest absolute Gasteiger partial charge is 0.0701 e. The van der Waals surface area contributed by atoms with E-state index in [0.717, 1.165) is 5.92 Å². The molecule has 0 saturated heterocycles. The van der Waals surface area contributed by atoms with Gasteiger partial charge in [-0.2, -0.15) is 0 Å². The highest BCUT2D eigenvalue weighted by atomic mass is 79.9. The summed E-state index contributed by atoms with van der Waals surface area (Å²) in [7, 11) is 2.12. The first-order valence-corrected chi connectivity index (χ1v) is 8.61. The number of thiophene rings is 1. The summed E-state index contributed by atoms with van der Waals surface area (Å²) in [6, 6.07) is 5.00. The van der Waals surface area contributed by atoms with Crippen molar-refractivity contribution in [2.45, 2.75) is 52.0 Å². The molecule has 1 aliphatic carbocycles. The van der Waals surface area contributed by atoms with E-state index in [1.165, 1.54) is 40.8 Å². The summed E-state index contributed by atoms with van der Waals surface area (Å²) in [5.41, 5.74) is 0.479. The molecule has 1 aliphatic rings. The Morgan fingerprint density at radius 1 is 1.33 bits per heavy atom. The molecule has 0 bridgehead atoms. The zero-order valence-electron chi connectivity index (χ0n) is 11.6. The first-order valence-electron chi connectivity index (χ1n) is 7.00. The number of hydrogen-bond donors (Lipinski definition) is 1. The quantitative estimate of drug-likeness (QED) is 0.764. The molecule has 0 aliphatic heterocycles. The number of rotatable bonds is 5. The summed E-state index contributed by atoms with van der Waals surface area (Å²) in [5, 5.41) is 3.61. The van der Waals surface area contributed by atoms with Crippen molar-refractivity contribution in [1.82, 2.24) is 5.32 Å². The molecule has 3 heteroatoms. The minimum Gasteiger partial charge on any atom is -0.312 e. The van der Waals surface area contributed by atoms with E-state index in [4.69, 9.17) is 0 Å². The second kappa shape index (κ2) is 6.06. The van der Waals surface area contributed by atoms with E-state index < -0.39 is 0 Å². The van der Waals surface area contributed by atoms with Crippen molar-refractivity contribution in [2.75, 3.05) is 7.05 Å². The van der Waals surface area contributed by atoms with E-state index in [1.807, 2.05) is 11.3 Å². The molecule has 1 atom stereocenters. The minimum absolute atomic E-state index is 0.479. The maximum Gasteiger partial charge on any atom is 0.0701 e. The van der Waals surface area contributed by atoms with Crippen LogP contribution in [0.4, 0.5) is 0 Å². The van der Waals surface area contributed by atoms with Gasteiger partial charge in [0.15, 0.2) is 0 Å². The van der Waals surface area contributed by atoms with Crippen molar-refractivity contribution in [3.8, 4) is 0 Å². The first kappa shape index (κ1) is 14.5. The predicted octanol–water partition coefficient (Wildman–Crippen LogP) is 5.38. The Hall–Kier alpha value is 0.140. The van der Waals surface area contributed by atoms with Gasteiger partial charge in [0, 0.05) is 10.9 Å². The van der Waals surface area contributed by atoms with Crippen molar-refractivity contribution >= 4 is 27.3 Å². The van der Waals surface area contributed by atoms with Crippen LogP contribution < -0.4 is 5.32 Å². The van der Waals surface area contributed by atoms with Gasteiger partial charge < -0.3 is 5.32 Å². The minimum atomic E-state index is 0.479. The summed E-state index contributed by atoms with van der Waals surface area (Å²) >= 11 is 5.48. The zero-order chi connectivity index (χ0) is 13.2. The molecule has 18 heavy (non-hydrogen) atoms. The molecule has 1 aromatic heterocycles. The summed E-state index contributed by atoms with van der Waals surface area (Å²) in [6.07, 6.45) is 6.90. The molecule has 1 heterocycles. The Labute approximate surface area is 123 Å². The molecule has 1 nitrogen and oxygen atoms in total. The van der Waals surface area contributed by atoms with Crippen molar-refractivity contribution in [3.63, 3.8) is 0 Å². The summed E-state index contributed by atoms with van der Waals surface area (Å²) in [6.45, 7) is 4.72. The fourth-order valence-electron chi connectivity index (χ4n) is 3.74. The SMILES string of the molecule is CNC(c1ccc(Br)s1)C1(CC(C)C)CCCC1. The van der Waals surface area contributed by atoms with Crippen LogP contribution in [0.25, 0.3) is 0 Å². The van der Waals surface area contributed by atoms with Crippen LogP contribution in [0.1, 0.15) is 56.9 Å². The van der Waals surface area contributed by atoms with Crippen LogP contribution in [0.15, 0.2) is 15.9 Å². The van der Waals surface area contributed by atoms with Crippen LogP contribution >= 0.6 is 27.3 Å². The lowest BCUT2D eigenvalue weighted by Gasteiger charge is -2.38. The Balaban J connectivity index is 2.27. The van der Waals surface area contributed by atoms with Crippen molar-refractivity contribution in [2.24, 2.45) is 11.3 Å². The highest BCUT2D eigenvalue weighted by Crippen LogP contribution is 2.52. The lowest BCUT2D eigenvalue weighted by atomic mass is 9.72. The van der Waals surface area contributed by atoms with E-state index in [9.17, 15) is 0 Å². The van der Waals surface area contributed by atoms with E-state index in [1.54, 1.807) is 0 Å². The average Bonchev–Trinajstić information content (AvgIpc) is 2.89. The molecule has 1 aromatic rings. The highest BCUT2D eigenvalue weighted by Gasteiger charge is 2.42. The predicted molar refractivity (Wildman–Crippen MR) is 84.2 cm³/mol. The summed E-state index contributed by atoms with van der Waals surface area (Å²) < 4.78 is 1.25. The molecule has 0 amide bonds. The normalized spacial score (nSPS) is 20.5. The summed E-state index contributed by atoms with van der Waals surface area (Å²) in [5.74, 6) is 0.780. The Morgan fingerprint density at radius 3 is 2.44 bits per heavy atom. The van der Waals surface area contributed by atoms with Gasteiger partial charge in [-0.1, -0.05) is 26.7 Å². The third-order valence-electron chi connectivity index (χ3n) is 4.19. The van der Waals surface area contributed by atoms with Gasteiger partial charge in [-0.05, 0) is 65.7 Å². The molecule has 1 fully saturated rings. The highest BCUT2D eigenvalue weighted by molar-refractivity contribution is 9.11. The van der Waals surface area contributed by atoms with Gasteiger partial charge in [0.05, 0.1) is 3.79 Å². The number of halogens is 1. The van der Waals surface area contributed by atoms with Crippen LogP contribution in [0.3, 0.4) is 0 Å².